The van der Waals surface area contributed by atoms with Crippen molar-refractivity contribution in [3.8, 4) is 0 Å². The highest BCUT2D eigenvalue weighted by Crippen LogP contribution is 2.17. The summed E-state index contributed by atoms with van der Waals surface area (Å²) in [5.74, 6) is -0.117. The van der Waals surface area contributed by atoms with Crippen molar-refractivity contribution in [2.24, 2.45) is 0 Å². The molecular weight excluding hydrogens is 875 g/mol. The van der Waals surface area contributed by atoms with Gasteiger partial charge in [0.15, 0.2) is 0 Å². The summed E-state index contributed by atoms with van der Waals surface area (Å²) in [6.45, 7) is 4.86. The van der Waals surface area contributed by atoms with Crippen LogP contribution in [0.2, 0.25) is 0 Å². The minimum absolute atomic E-state index is 0.0211. The lowest BCUT2D eigenvalue weighted by Crippen LogP contribution is -2.45. The lowest BCUT2D eigenvalue weighted by Gasteiger charge is -2.19. The van der Waals surface area contributed by atoms with Crippen LogP contribution in [0.1, 0.15) is 328 Å². The molecule has 2 atom stereocenters. The van der Waals surface area contributed by atoms with Gasteiger partial charge in [0, 0.05) is 12.8 Å². The fourth-order valence-corrected chi connectivity index (χ4v) is 9.48. The molecule has 2 unspecified atom stereocenters. The molecule has 0 radical (unpaired) electrons. The van der Waals surface area contributed by atoms with Gasteiger partial charge in [-0.05, 0) is 89.9 Å². The summed E-state index contributed by atoms with van der Waals surface area (Å²) >= 11 is 0. The van der Waals surface area contributed by atoms with Crippen molar-refractivity contribution in [1.82, 2.24) is 5.32 Å². The van der Waals surface area contributed by atoms with Gasteiger partial charge in [-0.15, -0.1) is 0 Å². The fraction of sp³-hybridized carbons (Fsp3) is 0.846. The number of carbonyl (C=O) groups is 2. The van der Waals surface area contributed by atoms with Crippen LogP contribution in [0, 0.1) is 0 Å². The predicted octanol–water partition coefficient (Wildman–Crippen LogP) is 19.7. The van der Waals surface area contributed by atoms with Crippen LogP contribution in [0.3, 0.4) is 0 Å². The van der Waals surface area contributed by atoms with E-state index in [1.54, 1.807) is 6.08 Å². The lowest BCUT2D eigenvalue weighted by molar-refractivity contribution is -0.143. The van der Waals surface area contributed by atoms with Gasteiger partial charge in [-0.3, -0.25) is 9.59 Å². The van der Waals surface area contributed by atoms with Gasteiger partial charge in [-0.25, -0.2) is 0 Å². The van der Waals surface area contributed by atoms with E-state index in [9.17, 15) is 19.8 Å². The van der Waals surface area contributed by atoms with E-state index in [4.69, 9.17) is 4.74 Å². The van der Waals surface area contributed by atoms with Crippen LogP contribution in [0.4, 0.5) is 0 Å². The van der Waals surface area contributed by atoms with E-state index in [0.29, 0.717) is 19.4 Å². The topological polar surface area (TPSA) is 95.9 Å². The van der Waals surface area contributed by atoms with E-state index < -0.39 is 12.1 Å². The van der Waals surface area contributed by atoms with Crippen LogP contribution >= 0.6 is 0 Å². The first-order chi connectivity index (χ1) is 35.0. The van der Waals surface area contributed by atoms with E-state index in [2.05, 4.69) is 55.6 Å². The number of rotatable bonds is 58. The number of amides is 1. The zero-order valence-electron chi connectivity index (χ0n) is 47.5. The number of unbranched alkanes of at least 4 members (excludes halogenated alkanes) is 41. The molecule has 0 fully saturated rings. The first-order valence-electron chi connectivity index (χ1n) is 31.4. The molecule has 0 aromatic carbocycles. The SMILES string of the molecule is CCCCCC/C=C\C/C=C\CCCCCCCCCC(=O)OCCCCCCCC/C=C\CCCCCC(=O)NC(CO)C(O)/C=C/CCCCCCCCCCCCCCCCCCCCCCC. The van der Waals surface area contributed by atoms with E-state index >= 15 is 0 Å². The summed E-state index contributed by atoms with van der Waals surface area (Å²) in [5, 5.41) is 23.2. The van der Waals surface area contributed by atoms with Gasteiger partial charge < -0.3 is 20.3 Å². The van der Waals surface area contributed by atoms with Gasteiger partial charge in [-0.1, -0.05) is 274 Å². The number of hydrogen-bond donors (Lipinski definition) is 3. The zero-order valence-corrected chi connectivity index (χ0v) is 47.5. The average molecular weight is 997 g/mol. The van der Waals surface area contributed by atoms with Crippen molar-refractivity contribution in [3.63, 3.8) is 0 Å². The standard InChI is InChI=1S/C65H121NO5/c1-3-5-7-9-11-13-15-17-19-21-23-24-25-26-27-28-30-33-37-41-45-49-53-57-63(68)62(61-67)66-64(69)58-54-50-46-42-38-34-32-36-40-44-48-52-56-60-71-65(70)59-55-51-47-43-39-35-31-29-22-20-18-16-14-12-10-8-6-4-2/h14,16,20,22,34,38,53,57,62-63,67-68H,3-13,15,17-19,21,23-33,35-37,39-52,54-56,58-61H2,1-2H3,(H,66,69)/b16-14-,22-20-,38-34-,57-53+. The van der Waals surface area contributed by atoms with Crippen molar-refractivity contribution < 1.29 is 24.5 Å². The molecule has 0 saturated carbocycles. The molecule has 6 nitrogen and oxygen atoms in total. The van der Waals surface area contributed by atoms with Gasteiger partial charge in [0.25, 0.3) is 0 Å². The molecule has 0 aliphatic heterocycles. The Morgan fingerprint density at radius 1 is 0.394 bits per heavy atom. The van der Waals surface area contributed by atoms with Gasteiger partial charge in [0.2, 0.25) is 5.91 Å². The Balaban J connectivity index is 3.52. The molecule has 0 heterocycles. The second-order valence-electron chi connectivity index (χ2n) is 21.4. The molecule has 0 aromatic heterocycles. The maximum absolute atomic E-state index is 12.5. The minimum atomic E-state index is -0.864. The highest BCUT2D eigenvalue weighted by Gasteiger charge is 2.18. The first-order valence-corrected chi connectivity index (χ1v) is 31.4. The van der Waals surface area contributed by atoms with Crippen molar-refractivity contribution >= 4 is 11.9 Å². The van der Waals surface area contributed by atoms with Crippen LogP contribution in [0.5, 0.6) is 0 Å². The Morgan fingerprint density at radius 2 is 0.704 bits per heavy atom. The second-order valence-corrected chi connectivity index (χ2v) is 21.4. The molecule has 0 spiro atoms. The van der Waals surface area contributed by atoms with Gasteiger partial charge in [0.1, 0.15) is 0 Å². The van der Waals surface area contributed by atoms with Gasteiger partial charge >= 0.3 is 5.97 Å². The zero-order chi connectivity index (χ0) is 51.4. The number of allylic oxidation sites excluding steroid dienone is 7. The number of aliphatic hydroxyl groups is 2. The third-order valence-corrected chi connectivity index (χ3v) is 14.3. The third-order valence-electron chi connectivity index (χ3n) is 14.3. The Labute approximate surface area is 442 Å². The molecule has 71 heavy (non-hydrogen) atoms. The smallest absolute Gasteiger partial charge is 0.305 e. The van der Waals surface area contributed by atoms with Crippen LogP contribution in [-0.2, 0) is 14.3 Å². The van der Waals surface area contributed by atoms with E-state index in [0.717, 1.165) is 77.0 Å². The van der Waals surface area contributed by atoms with E-state index in [-0.39, 0.29) is 18.5 Å². The number of hydrogen-bond acceptors (Lipinski definition) is 5. The first kappa shape index (κ1) is 68.8. The monoisotopic (exact) mass is 996 g/mol. The van der Waals surface area contributed by atoms with Crippen LogP contribution in [0.25, 0.3) is 0 Å². The summed E-state index contributed by atoms with van der Waals surface area (Å²) in [4.78, 5) is 24.6. The minimum Gasteiger partial charge on any atom is -0.466 e. The van der Waals surface area contributed by atoms with Crippen molar-refractivity contribution in [2.45, 2.75) is 341 Å². The fourth-order valence-electron chi connectivity index (χ4n) is 9.48. The quantitative estimate of drug-likeness (QED) is 0.0321. The highest BCUT2D eigenvalue weighted by molar-refractivity contribution is 5.76. The lowest BCUT2D eigenvalue weighted by atomic mass is 10.0. The molecule has 0 rings (SSSR count). The molecule has 6 heteroatoms. The van der Waals surface area contributed by atoms with Crippen LogP contribution in [0.15, 0.2) is 48.6 Å². The maximum atomic E-state index is 12.5. The average Bonchev–Trinajstić information content (AvgIpc) is 3.37. The van der Waals surface area contributed by atoms with Gasteiger partial charge in [-0.2, -0.15) is 0 Å². The highest BCUT2D eigenvalue weighted by atomic mass is 16.5. The molecule has 0 bridgehead atoms. The Bertz CT molecular complexity index is 1190. The van der Waals surface area contributed by atoms with Crippen molar-refractivity contribution in [3.05, 3.63) is 48.6 Å². The number of carbonyl (C=O) groups excluding carboxylic acids is 2. The molecule has 0 aliphatic rings. The summed E-state index contributed by atoms with van der Waals surface area (Å²) in [5.41, 5.74) is 0. The number of aliphatic hydroxyl groups excluding tert-OH is 2. The predicted molar refractivity (Wildman–Crippen MR) is 310 cm³/mol. The second kappa shape index (κ2) is 60.4. The van der Waals surface area contributed by atoms with Crippen LogP contribution < -0.4 is 5.32 Å². The Hall–Kier alpha value is -2.18. The third kappa shape index (κ3) is 57.0. The number of esters is 1. The molecular formula is C65H121NO5. The summed E-state index contributed by atoms with van der Waals surface area (Å²) in [6.07, 6.45) is 77.2. The van der Waals surface area contributed by atoms with Crippen LogP contribution in [-0.4, -0.2) is 47.4 Å². The number of ether oxygens (including phenoxy) is 1. The molecule has 0 aromatic rings. The summed E-state index contributed by atoms with van der Waals surface area (Å²) in [7, 11) is 0. The van der Waals surface area contributed by atoms with Crippen molar-refractivity contribution in [1.29, 1.82) is 0 Å². The maximum Gasteiger partial charge on any atom is 0.305 e. The summed E-state index contributed by atoms with van der Waals surface area (Å²) in [6, 6.07) is -0.651. The van der Waals surface area contributed by atoms with E-state index in [1.807, 2.05) is 6.08 Å². The van der Waals surface area contributed by atoms with Crippen molar-refractivity contribution in [2.75, 3.05) is 13.2 Å². The molecule has 416 valence electrons. The Morgan fingerprint density at radius 3 is 1.11 bits per heavy atom. The van der Waals surface area contributed by atoms with Gasteiger partial charge in [0.05, 0.1) is 25.4 Å². The molecule has 1 amide bonds. The molecule has 3 N–H and O–H groups in total. The Kier molecular flexibility index (Phi) is 58.5. The van der Waals surface area contributed by atoms with E-state index in [1.165, 1.54) is 225 Å². The largest absolute Gasteiger partial charge is 0.466 e. The molecule has 0 saturated heterocycles. The summed E-state index contributed by atoms with van der Waals surface area (Å²) < 4.78 is 5.47. The normalized spacial score (nSPS) is 12.9. The number of nitrogens with one attached hydrogen (secondary N) is 1. The molecule has 0 aliphatic carbocycles.